The van der Waals surface area contributed by atoms with Crippen molar-refractivity contribution in [3.63, 3.8) is 0 Å². The van der Waals surface area contributed by atoms with Gasteiger partial charge in [-0.2, -0.15) is 0 Å². The average Bonchev–Trinajstić information content (AvgIpc) is 2.58. The van der Waals surface area contributed by atoms with Gasteiger partial charge in [-0.05, 0) is 32.1 Å². The Bertz CT molecular complexity index is 350. The van der Waals surface area contributed by atoms with Crippen LogP contribution >= 0.6 is 24.0 Å². The number of rotatable bonds is 10. The maximum atomic E-state index is 11.1. The molecule has 0 aromatic carbocycles. The van der Waals surface area contributed by atoms with Crippen LogP contribution in [0.1, 0.15) is 32.6 Å². The minimum Gasteiger partial charge on any atom is -0.469 e. The van der Waals surface area contributed by atoms with E-state index in [-0.39, 0.29) is 29.9 Å². The maximum Gasteiger partial charge on any atom is 0.307 e. The van der Waals surface area contributed by atoms with Crippen LogP contribution in [0.4, 0.5) is 0 Å². The van der Waals surface area contributed by atoms with Crippen molar-refractivity contribution in [1.29, 1.82) is 0 Å². The predicted octanol–water partition coefficient (Wildman–Crippen LogP) is 1.56. The Hall–Kier alpha value is -0.610. The summed E-state index contributed by atoms with van der Waals surface area (Å²) < 4.78 is 15.7. The molecule has 0 unspecified atom stereocenters. The minimum absolute atomic E-state index is 0. The molecular formula is C16H32IN3O4. The van der Waals surface area contributed by atoms with Crippen LogP contribution in [0.15, 0.2) is 4.99 Å². The number of halogens is 1. The monoisotopic (exact) mass is 457 g/mol. The lowest BCUT2D eigenvalue weighted by Crippen LogP contribution is -2.38. The zero-order valence-corrected chi connectivity index (χ0v) is 17.2. The zero-order chi connectivity index (χ0) is 16.8. The Morgan fingerprint density at radius 2 is 2.04 bits per heavy atom. The number of hydrogen-bond donors (Lipinski definition) is 2. The Kier molecular flexibility index (Phi) is 15.5. The molecule has 1 aliphatic heterocycles. The summed E-state index contributed by atoms with van der Waals surface area (Å²) in [6.45, 7) is 7.27. The van der Waals surface area contributed by atoms with Gasteiger partial charge in [0.2, 0.25) is 0 Å². The van der Waals surface area contributed by atoms with Crippen molar-refractivity contribution in [2.24, 2.45) is 10.9 Å². The molecule has 0 radical (unpaired) electrons. The number of aliphatic imine (C=N–C) groups is 1. The Balaban J connectivity index is 0.00000529. The zero-order valence-electron chi connectivity index (χ0n) is 14.8. The molecule has 0 saturated carbocycles. The quantitative estimate of drug-likeness (QED) is 0.170. The molecule has 1 saturated heterocycles. The molecule has 0 amide bonds. The predicted molar refractivity (Wildman–Crippen MR) is 105 cm³/mol. The Morgan fingerprint density at radius 3 is 2.71 bits per heavy atom. The first kappa shape index (κ1) is 23.4. The lowest BCUT2D eigenvalue weighted by Gasteiger charge is -2.21. The number of methoxy groups -OCH3 is 1. The summed E-state index contributed by atoms with van der Waals surface area (Å²) in [5.41, 5.74) is 0. The van der Waals surface area contributed by atoms with E-state index in [1.807, 2.05) is 6.92 Å². The molecule has 0 aliphatic carbocycles. The SMILES string of the molecule is CCNC(=NCCCOCC1CCOCC1)NCCC(=O)OC.I. The summed E-state index contributed by atoms with van der Waals surface area (Å²) in [6.07, 6.45) is 3.42. The van der Waals surface area contributed by atoms with Gasteiger partial charge in [-0.3, -0.25) is 9.79 Å². The maximum absolute atomic E-state index is 11.1. The smallest absolute Gasteiger partial charge is 0.307 e. The summed E-state index contributed by atoms with van der Waals surface area (Å²) in [6, 6.07) is 0. The molecule has 1 heterocycles. The van der Waals surface area contributed by atoms with Gasteiger partial charge in [-0.1, -0.05) is 0 Å². The second-order valence-corrected chi connectivity index (χ2v) is 5.50. The van der Waals surface area contributed by atoms with Gasteiger partial charge in [0.25, 0.3) is 0 Å². The van der Waals surface area contributed by atoms with Crippen LogP contribution in [0.25, 0.3) is 0 Å². The Morgan fingerprint density at radius 1 is 1.29 bits per heavy atom. The number of carbonyl (C=O) groups excluding carboxylic acids is 1. The van der Waals surface area contributed by atoms with Crippen LogP contribution < -0.4 is 10.6 Å². The van der Waals surface area contributed by atoms with Crippen molar-refractivity contribution in [2.75, 3.05) is 53.2 Å². The summed E-state index contributed by atoms with van der Waals surface area (Å²) in [5.74, 6) is 1.14. The second kappa shape index (κ2) is 15.9. The van der Waals surface area contributed by atoms with Crippen LogP contribution in [-0.2, 0) is 19.0 Å². The normalized spacial score (nSPS) is 15.5. The highest BCUT2D eigenvalue weighted by Gasteiger charge is 2.13. The summed E-state index contributed by atoms with van der Waals surface area (Å²) >= 11 is 0. The molecule has 0 spiro atoms. The third kappa shape index (κ3) is 11.9. The van der Waals surface area contributed by atoms with E-state index in [1.54, 1.807) is 0 Å². The highest BCUT2D eigenvalue weighted by atomic mass is 127. The molecule has 0 bridgehead atoms. The average molecular weight is 457 g/mol. The highest BCUT2D eigenvalue weighted by Crippen LogP contribution is 2.14. The standard InChI is InChI=1S/C16H31N3O4.HI/c1-3-17-16(19-9-5-15(20)21-2)18-8-4-10-23-13-14-6-11-22-12-7-14;/h14H,3-13H2,1-2H3,(H2,17,18,19);1H. The van der Waals surface area contributed by atoms with Crippen molar-refractivity contribution in [3.8, 4) is 0 Å². The third-order valence-corrected chi connectivity index (χ3v) is 3.60. The van der Waals surface area contributed by atoms with Crippen molar-refractivity contribution >= 4 is 35.9 Å². The van der Waals surface area contributed by atoms with E-state index in [1.165, 1.54) is 7.11 Å². The number of guanidine groups is 1. The Labute approximate surface area is 162 Å². The second-order valence-electron chi connectivity index (χ2n) is 5.50. The van der Waals surface area contributed by atoms with E-state index < -0.39 is 0 Å². The molecule has 1 rings (SSSR count). The van der Waals surface area contributed by atoms with Gasteiger partial charge < -0.3 is 24.8 Å². The molecule has 1 aliphatic rings. The number of esters is 1. The largest absolute Gasteiger partial charge is 0.469 e. The van der Waals surface area contributed by atoms with E-state index in [4.69, 9.17) is 9.47 Å². The van der Waals surface area contributed by atoms with Crippen molar-refractivity contribution in [2.45, 2.75) is 32.6 Å². The number of nitrogens with one attached hydrogen (secondary N) is 2. The van der Waals surface area contributed by atoms with Gasteiger partial charge in [0.15, 0.2) is 5.96 Å². The number of ether oxygens (including phenoxy) is 3. The van der Waals surface area contributed by atoms with Gasteiger partial charge in [0.1, 0.15) is 0 Å². The highest BCUT2D eigenvalue weighted by molar-refractivity contribution is 14.0. The van der Waals surface area contributed by atoms with E-state index in [9.17, 15) is 4.79 Å². The van der Waals surface area contributed by atoms with Crippen molar-refractivity contribution in [1.82, 2.24) is 10.6 Å². The summed E-state index contributed by atoms with van der Waals surface area (Å²) in [5, 5.41) is 6.26. The van der Waals surface area contributed by atoms with E-state index in [0.717, 1.165) is 58.2 Å². The lowest BCUT2D eigenvalue weighted by atomic mass is 10.0. The van der Waals surface area contributed by atoms with Gasteiger partial charge in [0, 0.05) is 46.1 Å². The summed E-state index contributed by atoms with van der Waals surface area (Å²) in [4.78, 5) is 15.5. The molecule has 24 heavy (non-hydrogen) atoms. The topological polar surface area (TPSA) is 81.2 Å². The molecule has 8 heteroatoms. The van der Waals surface area contributed by atoms with E-state index in [0.29, 0.717) is 25.4 Å². The lowest BCUT2D eigenvalue weighted by molar-refractivity contribution is -0.140. The number of hydrogen-bond acceptors (Lipinski definition) is 5. The molecule has 142 valence electrons. The van der Waals surface area contributed by atoms with Crippen LogP contribution in [-0.4, -0.2) is 65.1 Å². The van der Waals surface area contributed by atoms with Gasteiger partial charge in [-0.15, -0.1) is 24.0 Å². The van der Waals surface area contributed by atoms with Crippen LogP contribution in [0.5, 0.6) is 0 Å². The number of carbonyl (C=O) groups is 1. The molecule has 0 atom stereocenters. The van der Waals surface area contributed by atoms with Crippen molar-refractivity contribution < 1.29 is 19.0 Å². The van der Waals surface area contributed by atoms with Crippen molar-refractivity contribution in [3.05, 3.63) is 0 Å². The first-order valence-electron chi connectivity index (χ1n) is 8.50. The summed E-state index contributed by atoms with van der Waals surface area (Å²) in [7, 11) is 1.39. The van der Waals surface area contributed by atoms with Crippen LogP contribution in [0.3, 0.4) is 0 Å². The number of nitrogens with zero attached hydrogens (tertiary/aromatic N) is 1. The third-order valence-electron chi connectivity index (χ3n) is 3.60. The molecule has 1 fully saturated rings. The molecule has 0 aromatic rings. The minimum atomic E-state index is -0.227. The van der Waals surface area contributed by atoms with E-state index >= 15 is 0 Å². The first-order valence-corrected chi connectivity index (χ1v) is 8.50. The molecule has 7 nitrogen and oxygen atoms in total. The fourth-order valence-corrected chi connectivity index (χ4v) is 2.25. The van der Waals surface area contributed by atoms with Gasteiger partial charge in [0.05, 0.1) is 13.5 Å². The fraction of sp³-hybridized carbons (Fsp3) is 0.875. The van der Waals surface area contributed by atoms with Gasteiger partial charge >= 0.3 is 5.97 Å². The first-order chi connectivity index (χ1) is 11.3. The van der Waals surface area contributed by atoms with Crippen LogP contribution in [0, 0.1) is 5.92 Å². The molecule has 2 N–H and O–H groups in total. The van der Waals surface area contributed by atoms with Gasteiger partial charge in [-0.25, -0.2) is 0 Å². The van der Waals surface area contributed by atoms with Crippen LogP contribution in [0.2, 0.25) is 0 Å². The molecule has 0 aromatic heterocycles. The van der Waals surface area contributed by atoms with E-state index in [2.05, 4.69) is 20.4 Å². The fourth-order valence-electron chi connectivity index (χ4n) is 2.25. The molecular weight excluding hydrogens is 425 g/mol.